The third kappa shape index (κ3) is 5.57. The molecule has 5 nitrogen and oxygen atoms in total. The number of nitrogens with zero attached hydrogens (tertiary/aromatic N) is 2. The van der Waals surface area contributed by atoms with Crippen molar-refractivity contribution in [3.63, 3.8) is 0 Å². The summed E-state index contributed by atoms with van der Waals surface area (Å²) < 4.78 is 0. The van der Waals surface area contributed by atoms with Gasteiger partial charge in [-0.1, -0.05) is 20.8 Å². The number of amides is 1. The lowest BCUT2D eigenvalue weighted by molar-refractivity contribution is -0.124. The van der Waals surface area contributed by atoms with E-state index in [4.69, 9.17) is 5.73 Å². The van der Waals surface area contributed by atoms with Crippen molar-refractivity contribution in [2.75, 3.05) is 39.3 Å². The summed E-state index contributed by atoms with van der Waals surface area (Å²) in [7, 11) is 0. The van der Waals surface area contributed by atoms with Crippen LogP contribution in [0.4, 0.5) is 0 Å². The maximum absolute atomic E-state index is 11.7. The van der Waals surface area contributed by atoms with Crippen LogP contribution in [0.5, 0.6) is 0 Å². The Balaban J connectivity index is 2.49. The van der Waals surface area contributed by atoms with Gasteiger partial charge in [0.05, 0.1) is 5.54 Å². The van der Waals surface area contributed by atoms with Gasteiger partial charge >= 0.3 is 0 Å². The van der Waals surface area contributed by atoms with Gasteiger partial charge in [-0.2, -0.15) is 0 Å². The number of hydrogen-bond donors (Lipinski definition) is 2. The molecule has 1 aliphatic rings. The van der Waals surface area contributed by atoms with Crippen molar-refractivity contribution >= 4 is 5.91 Å². The van der Waals surface area contributed by atoms with Gasteiger partial charge in [0.2, 0.25) is 5.91 Å². The molecule has 5 heteroatoms. The Morgan fingerprint density at radius 3 is 2.24 bits per heavy atom. The first kappa shape index (κ1) is 18.4. The molecule has 1 amide bonds. The lowest BCUT2D eigenvalue weighted by Crippen LogP contribution is -2.58. The van der Waals surface area contributed by atoms with Gasteiger partial charge in [0.15, 0.2) is 0 Å². The minimum atomic E-state index is -0.608. The molecule has 0 saturated carbocycles. The van der Waals surface area contributed by atoms with E-state index in [9.17, 15) is 4.79 Å². The highest BCUT2D eigenvalue weighted by molar-refractivity contribution is 5.84. The largest absolute Gasteiger partial charge is 0.368 e. The molecule has 0 aromatic carbocycles. The Bertz CT molecular complexity index is 326. The number of rotatable bonds is 8. The Labute approximate surface area is 130 Å². The van der Waals surface area contributed by atoms with Crippen LogP contribution in [0.15, 0.2) is 0 Å². The summed E-state index contributed by atoms with van der Waals surface area (Å²) in [4.78, 5) is 16.8. The molecule has 0 aromatic heterocycles. The van der Waals surface area contributed by atoms with Gasteiger partial charge in [-0.3, -0.25) is 9.69 Å². The fourth-order valence-electron chi connectivity index (χ4n) is 3.27. The van der Waals surface area contributed by atoms with E-state index in [1.54, 1.807) is 0 Å². The molecular formula is C16H34N4O. The van der Waals surface area contributed by atoms with Crippen molar-refractivity contribution < 1.29 is 4.79 Å². The van der Waals surface area contributed by atoms with Crippen molar-refractivity contribution in [3.8, 4) is 0 Å². The second-order valence-electron chi connectivity index (χ2n) is 7.01. The van der Waals surface area contributed by atoms with Crippen LogP contribution in [0.25, 0.3) is 0 Å². The van der Waals surface area contributed by atoms with E-state index in [1.807, 2.05) is 13.8 Å². The lowest BCUT2D eigenvalue weighted by atomic mass is 9.91. The molecule has 124 valence electrons. The van der Waals surface area contributed by atoms with Crippen molar-refractivity contribution in [2.45, 2.75) is 52.6 Å². The van der Waals surface area contributed by atoms with Crippen molar-refractivity contribution in [1.82, 2.24) is 15.1 Å². The molecule has 0 aromatic rings. The standard InChI is InChI=1S/C16H34N4O/c1-6-18-16(5,15(17)21)11-14(4)20-9-7-19(8-10-20)12-13(2)3/h13-14,18H,6-12H2,1-5H3,(H2,17,21). The smallest absolute Gasteiger partial charge is 0.237 e. The van der Waals surface area contributed by atoms with Crippen LogP contribution in [0.1, 0.15) is 41.0 Å². The lowest BCUT2D eigenvalue weighted by Gasteiger charge is -2.41. The van der Waals surface area contributed by atoms with Gasteiger partial charge in [-0.05, 0) is 32.7 Å². The predicted octanol–water partition coefficient (Wildman–Crippen LogP) is 0.892. The van der Waals surface area contributed by atoms with Crippen molar-refractivity contribution in [1.29, 1.82) is 0 Å². The van der Waals surface area contributed by atoms with Crippen LogP contribution in [0, 0.1) is 5.92 Å². The molecule has 2 unspecified atom stereocenters. The molecule has 1 fully saturated rings. The number of primary amides is 1. The number of hydrogen-bond acceptors (Lipinski definition) is 4. The molecule has 0 aliphatic carbocycles. The first-order valence-electron chi connectivity index (χ1n) is 8.29. The fourth-order valence-corrected chi connectivity index (χ4v) is 3.27. The number of carbonyl (C=O) groups is 1. The number of likely N-dealkylation sites (N-methyl/N-ethyl adjacent to an activating group) is 1. The predicted molar refractivity (Wildman–Crippen MR) is 88.2 cm³/mol. The van der Waals surface area contributed by atoms with Crippen LogP contribution >= 0.6 is 0 Å². The number of carbonyl (C=O) groups excluding carboxylic acids is 1. The fraction of sp³-hybridized carbons (Fsp3) is 0.938. The zero-order valence-corrected chi connectivity index (χ0v) is 14.5. The Morgan fingerprint density at radius 1 is 1.24 bits per heavy atom. The summed E-state index contributed by atoms with van der Waals surface area (Å²) in [6.07, 6.45) is 0.764. The molecule has 1 aliphatic heterocycles. The van der Waals surface area contributed by atoms with Crippen LogP contribution in [0.2, 0.25) is 0 Å². The van der Waals surface area contributed by atoms with Gasteiger partial charge in [0, 0.05) is 38.8 Å². The first-order valence-corrected chi connectivity index (χ1v) is 8.29. The SMILES string of the molecule is CCNC(C)(CC(C)N1CCN(CC(C)C)CC1)C(N)=O. The van der Waals surface area contributed by atoms with Crippen LogP contribution < -0.4 is 11.1 Å². The zero-order chi connectivity index (χ0) is 16.0. The number of piperazine rings is 1. The monoisotopic (exact) mass is 298 g/mol. The summed E-state index contributed by atoms with van der Waals surface area (Å²) in [5, 5.41) is 3.25. The first-order chi connectivity index (χ1) is 9.78. The van der Waals surface area contributed by atoms with Crippen LogP contribution in [-0.2, 0) is 4.79 Å². The summed E-state index contributed by atoms with van der Waals surface area (Å²) in [6.45, 7) is 17.0. The highest BCUT2D eigenvalue weighted by atomic mass is 16.1. The second kappa shape index (κ2) is 8.11. The summed E-state index contributed by atoms with van der Waals surface area (Å²) in [5.74, 6) is 0.468. The van der Waals surface area contributed by atoms with E-state index < -0.39 is 5.54 Å². The van der Waals surface area contributed by atoms with Gasteiger partial charge in [0.25, 0.3) is 0 Å². The summed E-state index contributed by atoms with van der Waals surface area (Å²) >= 11 is 0. The van der Waals surface area contributed by atoms with Gasteiger partial charge in [-0.25, -0.2) is 0 Å². The minimum Gasteiger partial charge on any atom is -0.368 e. The molecule has 2 atom stereocenters. The van der Waals surface area contributed by atoms with E-state index in [1.165, 1.54) is 6.54 Å². The van der Waals surface area contributed by atoms with Gasteiger partial charge in [0.1, 0.15) is 0 Å². The summed E-state index contributed by atoms with van der Waals surface area (Å²) in [5.41, 5.74) is 4.98. The average molecular weight is 298 g/mol. The molecule has 1 saturated heterocycles. The average Bonchev–Trinajstić information content (AvgIpc) is 2.38. The molecule has 21 heavy (non-hydrogen) atoms. The van der Waals surface area contributed by atoms with E-state index in [0.717, 1.165) is 45.1 Å². The minimum absolute atomic E-state index is 0.255. The third-order valence-corrected chi connectivity index (χ3v) is 4.47. The zero-order valence-electron chi connectivity index (χ0n) is 14.5. The van der Waals surface area contributed by atoms with E-state index in [0.29, 0.717) is 6.04 Å². The second-order valence-corrected chi connectivity index (χ2v) is 7.01. The molecular weight excluding hydrogens is 264 g/mol. The normalized spacial score (nSPS) is 22.2. The highest BCUT2D eigenvalue weighted by Gasteiger charge is 2.34. The van der Waals surface area contributed by atoms with Gasteiger partial charge in [-0.15, -0.1) is 0 Å². The molecule has 1 heterocycles. The Morgan fingerprint density at radius 2 is 1.81 bits per heavy atom. The maximum atomic E-state index is 11.7. The van der Waals surface area contributed by atoms with E-state index in [2.05, 4.69) is 35.9 Å². The number of nitrogens with one attached hydrogen (secondary N) is 1. The third-order valence-electron chi connectivity index (χ3n) is 4.47. The van der Waals surface area contributed by atoms with Crippen molar-refractivity contribution in [3.05, 3.63) is 0 Å². The maximum Gasteiger partial charge on any atom is 0.237 e. The van der Waals surface area contributed by atoms with E-state index in [-0.39, 0.29) is 5.91 Å². The topological polar surface area (TPSA) is 61.6 Å². The molecule has 3 N–H and O–H groups in total. The molecule has 0 radical (unpaired) electrons. The molecule has 1 rings (SSSR count). The quantitative estimate of drug-likeness (QED) is 0.699. The van der Waals surface area contributed by atoms with Crippen LogP contribution in [0.3, 0.4) is 0 Å². The summed E-state index contributed by atoms with van der Waals surface area (Å²) in [6, 6.07) is 0.364. The van der Waals surface area contributed by atoms with E-state index >= 15 is 0 Å². The molecule has 0 bridgehead atoms. The number of nitrogens with two attached hydrogens (primary N) is 1. The highest BCUT2D eigenvalue weighted by Crippen LogP contribution is 2.18. The Kier molecular flexibility index (Phi) is 7.10. The van der Waals surface area contributed by atoms with Crippen LogP contribution in [-0.4, -0.2) is 66.6 Å². The van der Waals surface area contributed by atoms with Gasteiger partial charge < -0.3 is 16.0 Å². The molecule has 0 spiro atoms. The van der Waals surface area contributed by atoms with Crippen molar-refractivity contribution in [2.24, 2.45) is 11.7 Å². The Hall–Kier alpha value is -0.650.